The predicted molar refractivity (Wildman–Crippen MR) is 96.5 cm³/mol. The van der Waals surface area contributed by atoms with E-state index in [1.54, 1.807) is 24.3 Å². The smallest absolute Gasteiger partial charge is 0.206 e. The highest BCUT2D eigenvalue weighted by Gasteiger charge is 2.22. The van der Waals surface area contributed by atoms with Crippen molar-refractivity contribution < 1.29 is 8.42 Å². The number of benzene rings is 2. The number of fused-ring (bicyclic) bond motifs is 3. The molecular formula is C19H18ClNO2S. The summed E-state index contributed by atoms with van der Waals surface area (Å²) in [5.41, 5.74) is 3.75. The molecule has 0 aliphatic heterocycles. The van der Waals surface area contributed by atoms with Gasteiger partial charge in [-0.25, -0.2) is 8.42 Å². The molecule has 0 bridgehead atoms. The summed E-state index contributed by atoms with van der Waals surface area (Å²) in [4.78, 5) is 0.565. The molecule has 0 amide bonds. The second kappa shape index (κ2) is 5.64. The Morgan fingerprint density at radius 2 is 1.75 bits per heavy atom. The summed E-state index contributed by atoms with van der Waals surface area (Å²) in [5.74, 6) is 0. The van der Waals surface area contributed by atoms with Crippen molar-refractivity contribution in [2.45, 2.75) is 35.5 Å². The maximum atomic E-state index is 12.9. The normalized spacial score (nSPS) is 14.8. The number of nitrogens with zero attached hydrogens (tertiary/aromatic N) is 1. The lowest BCUT2D eigenvalue weighted by atomic mass is 9.96. The first-order valence-electron chi connectivity index (χ1n) is 8.09. The van der Waals surface area contributed by atoms with Gasteiger partial charge < -0.3 is 4.57 Å². The van der Waals surface area contributed by atoms with E-state index in [4.69, 9.17) is 11.6 Å². The number of aryl methyl sites for hydroxylation is 2. The number of sulfone groups is 1. The highest BCUT2D eigenvalue weighted by atomic mass is 35.5. The molecule has 0 N–H and O–H groups in total. The molecule has 0 saturated heterocycles. The maximum Gasteiger partial charge on any atom is 0.206 e. The molecule has 124 valence electrons. The topological polar surface area (TPSA) is 39.1 Å². The van der Waals surface area contributed by atoms with Crippen molar-refractivity contribution in [1.29, 1.82) is 0 Å². The van der Waals surface area contributed by atoms with E-state index in [1.807, 2.05) is 12.1 Å². The van der Waals surface area contributed by atoms with Crippen LogP contribution in [0.1, 0.15) is 24.1 Å². The number of hydrogen-bond donors (Lipinski definition) is 0. The molecule has 0 fully saturated rings. The third kappa shape index (κ3) is 2.36. The van der Waals surface area contributed by atoms with Gasteiger partial charge >= 0.3 is 0 Å². The molecule has 2 aromatic carbocycles. The SMILES string of the molecule is Cn1c2c(c3cc(S(=O)(=O)c4cccc(Cl)c4)ccc31)CCCC2. The lowest BCUT2D eigenvalue weighted by molar-refractivity contribution is 0.596. The quantitative estimate of drug-likeness (QED) is 0.673. The average Bonchev–Trinajstić information content (AvgIpc) is 2.88. The largest absolute Gasteiger partial charge is 0.347 e. The summed E-state index contributed by atoms with van der Waals surface area (Å²) in [6, 6.07) is 11.9. The molecule has 1 aliphatic rings. The molecule has 1 aromatic heterocycles. The van der Waals surface area contributed by atoms with Gasteiger partial charge in [-0.3, -0.25) is 0 Å². The highest BCUT2D eigenvalue weighted by Crippen LogP contribution is 2.34. The van der Waals surface area contributed by atoms with Gasteiger partial charge in [0.2, 0.25) is 9.84 Å². The zero-order chi connectivity index (χ0) is 16.9. The third-order valence-electron chi connectivity index (χ3n) is 4.91. The number of hydrogen-bond acceptors (Lipinski definition) is 2. The fourth-order valence-electron chi connectivity index (χ4n) is 3.68. The Kier molecular flexibility index (Phi) is 3.70. The highest BCUT2D eigenvalue weighted by molar-refractivity contribution is 7.91. The summed E-state index contributed by atoms with van der Waals surface area (Å²) >= 11 is 5.96. The fourth-order valence-corrected chi connectivity index (χ4v) is 5.27. The van der Waals surface area contributed by atoms with Gasteiger partial charge in [0.25, 0.3) is 0 Å². The Hall–Kier alpha value is -1.78. The predicted octanol–water partition coefficient (Wildman–Crippen LogP) is 4.54. The van der Waals surface area contributed by atoms with Gasteiger partial charge in [-0.2, -0.15) is 0 Å². The van der Waals surface area contributed by atoms with E-state index in [0.29, 0.717) is 9.92 Å². The first-order valence-corrected chi connectivity index (χ1v) is 9.95. The molecule has 1 aliphatic carbocycles. The molecular weight excluding hydrogens is 342 g/mol. The van der Waals surface area contributed by atoms with Gasteiger partial charge in [0.05, 0.1) is 9.79 Å². The summed E-state index contributed by atoms with van der Waals surface area (Å²) in [6.07, 6.45) is 4.45. The van der Waals surface area contributed by atoms with Gasteiger partial charge in [0, 0.05) is 28.7 Å². The Bertz CT molecular complexity index is 1050. The van der Waals surface area contributed by atoms with Crippen LogP contribution in [0.4, 0.5) is 0 Å². The zero-order valence-corrected chi connectivity index (χ0v) is 15.0. The summed E-state index contributed by atoms with van der Waals surface area (Å²) in [5, 5.41) is 1.49. The van der Waals surface area contributed by atoms with E-state index in [0.717, 1.165) is 30.2 Å². The number of aromatic nitrogens is 1. The van der Waals surface area contributed by atoms with Crippen LogP contribution in [0.15, 0.2) is 52.3 Å². The van der Waals surface area contributed by atoms with Crippen LogP contribution in [-0.2, 0) is 29.7 Å². The number of halogens is 1. The van der Waals surface area contributed by atoms with Crippen LogP contribution in [0, 0.1) is 0 Å². The first kappa shape index (κ1) is 15.7. The van der Waals surface area contributed by atoms with Crippen LogP contribution in [0.25, 0.3) is 10.9 Å². The van der Waals surface area contributed by atoms with Gasteiger partial charge in [-0.1, -0.05) is 17.7 Å². The maximum absolute atomic E-state index is 12.9. The zero-order valence-electron chi connectivity index (χ0n) is 13.4. The van der Waals surface area contributed by atoms with E-state index < -0.39 is 9.84 Å². The van der Waals surface area contributed by atoms with Gasteiger partial charge in [-0.15, -0.1) is 0 Å². The molecule has 0 radical (unpaired) electrons. The van der Waals surface area contributed by atoms with Crippen molar-refractivity contribution in [1.82, 2.24) is 4.57 Å². The van der Waals surface area contributed by atoms with Crippen LogP contribution in [0.5, 0.6) is 0 Å². The molecule has 5 heteroatoms. The Balaban J connectivity index is 1.92. The minimum atomic E-state index is -3.56. The van der Waals surface area contributed by atoms with E-state index in [-0.39, 0.29) is 4.90 Å². The minimum Gasteiger partial charge on any atom is -0.347 e. The van der Waals surface area contributed by atoms with Crippen LogP contribution in [0.2, 0.25) is 5.02 Å². The van der Waals surface area contributed by atoms with Crippen molar-refractivity contribution in [3.63, 3.8) is 0 Å². The Labute approximate surface area is 146 Å². The lowest BCUT2D eigenvalue weighted by Crippen LogP contribution is -2.04. The third-order valence-corrected chi connectivity index (χ3v) is 6.90. The van der Waals surface area contributed by atoms with E-state index >= 15 is 0 Å². The van der Waals surface area contributed by atoms with Gasteiger partial charge in [0.1, 0.15) is 0 Å². The summed E-state index contributed by atoms with van der Waals surface area (Å²) < 4.78 is 28.1. The Morgan fingerprint density at radius 1 is 1.00 bits per heavy atom. The molecule has 0 spiro atoms. The molecule has 0 atom stereocenters. The Morgan fingerprint density at radius 3 is 2.54 bits per heavy atom. The summed E-state index contributed by atoms with van der Waals surface area (Å²) in [6.45, 7) is 0. The van der Waals surface area contributed by atoms with Crippen LogP contribution in [0.3, 0.4) is 0 Å². The molecule has 1 heterocycles. The van der Waals surface area contributed by atoms with E-state index in [2.05, 4.69) is 11.6 Å². The summed E-state index contributed by atoms with van der Waals surface area (Å²) in [7, 11) is -1.50. The van der Waals surface area contributed by atoms with Gasteiger partial charge in [0.15, 0.2) is 0 Å². The van der Waals surface area contributed by atoms with Crippen molar-refractivity contribution >= 4 is 32.3 Å². The van der Waals surface area contributed by atoms with E-state index in [9.17, 15) is 8.42 Å². The second-order valence-corrected chi connectivity index (χ2v) is 8.72. The molecule has 0 unspecified atom stereocenters. The monoisotopic (exact) mass is 359 g/mol. The number of rotatable bonds is 2. The van der Waals surface area contributed by atoms with Crippen LogP contribution in [-0.4, -0.2) is 13.0 Å². The molecule has 3 aromatic rings. The molecule has 4 rings (SSSR count). The fraction of sp³-hybridized carbons (Fsp3) is 0.263. The average molecular weight is 360 g/mol. The van der Waals surface area contributed by atoms with Crippen molar-refractivity contribution in [3.05, 3.63) is 58.7 Å². The van der Waals surface area contributed by atoms with Crippen molar-refractivity contribution in [3.8, 4) is 0 Å². The van der Waals surface area contributed by atoms with Crippen molar-refractivity contribution in [2.75, 3.05) is 0 Å². The minimum absolute atomic E-state index is 0.235. The second-order valence-electron chi connectivity index (χ2n) is 6.33. The van der Waals surface area contributed by atoms with Crippen LogP contribution >= 0.6 is 11.6 Å². The van der Waals surface area contributed by atoms with Crippen molar-refractivity contribution in [2.24, 2.45) is 7.05 Å². The van der Waals surface area contributed by atoms with Gasteiger partial charge in [-0.05, 0) is 67.6 Å². The van der Waals surface area contributed by atoms with E-state index in [1.165, 1.54) is 23.7 Å². The standard InChI is InChI=1S/C19H18ClNO2S/c1-21-18-8-3-2-7-16(18)17-12-15(9-10-19(17)21)24(22,23)14-6-4-5-13(20)11-14/h4-6,9-12H,2-3,7-8H2,1H3. The first-order chi connectivity index (χ1) is 11.5. The lowest BCUT2D eigenvalue weighted by Gasteiger charge is -2.13. The molecule has 3 nitrogen and oxygen atoms in total. The molecule has 24 heavy (non-hydrogen) atoms. The molecule has 0 saturated carbocycles. The van der Waals surface area contributed by atoms with Crippen LogP contribution < -0.4 is 0 Å².